The van der Waals surface area contributed by atoms with Crippen LogP contribution >= 0.6 is 0 Å². The van der Waals surface area contributed by atoms with Gasteiger partial charge in [0, 0.05) is 18.9 Å². The molecule has 0 fully saturated rings. The van der Waals surface area contributed by atoms with Crippen LogP contribution in [0.25, 0.3) is 0 Å². The molecule has 1 unspecified atom stereocenters. The van der Waals surface area contributed by atoms with E-state index in [1.165, 1.54) is 6.07 Å². The summed E-state index contributed by atoms with van der Waals surface area (Å²) < 4.78 is 15.1. The number of aromatic nitrogens is 2. The third-order valence-corrected chi connectivity index (χ3v) is 12.5. The van der Waals surface area contributed by atoms with Crippen molar-refractivity contribution in [2.75, 3.05) is 13.2 Å². The van der Waals surface area contributed by atoms with Crippen molar-refractivity contribution in [1.29, 1.82) is 0 Å². The van der Waals surface area contributed by atoms with Gasteiger partial charge < -0.3 is 9.16 Å². The topological polar surface area (TPSA) is 73.3 Å². The maximum Gasteiger partial charge on any atom is 0.328 e. The van der Waals surface area contributed by atoms with Crippen molar-refractivity contribution in [3.63, 3.8) is 0 Å². The Bertz CT molecular complexity index is 1380. The van der Waals surface area contributed by atoms with Crippen molar-refractivity contribution in [3.8, 4) is 0 Å². The van der Waals surface area contributed by atoms with Gasteiger partial charge in [0.2, 0.25) is 0 Å². The molecule has 0 saturated carbocycles. The van der Waals surface area contributed by atoms with E-state index in [0.717, 1.165) is 16.7 Å². The lowest BCUT2D eigenvalue weighted by molar-refractivity contribution is -0.00995. The van der Waals surface area contributed by atoms with E-state index in [0.29, 0.717) is 13.0 Å². The highest BCUT2D eigenvalue weighted by Gasteiger charge is 2.39. The van der Waals surface area contributed by atoms with Gasteiger partial charge in [-0.1, -0.05) is 112 Å². The van der Waals surface area contributed by atoms with Gasteiger partial charge in [0.15, 0.2) is 8.32 Å². The lowest BCUT2D eigenvalue weighted by Gasteiger charge is -2.38. The zero-order valence-electron chi connectivity index (χ0n) is 24.1. The summed E-state index contributed by atoms with van der Waals surface area (Å²) in [4.78, 5) is 27.2. The zero-order valence-corrected chi connectivity index (χ0v) is 25.1. The van der Waals surface area contributed by atoms with Gasteiger partial charge in [-0.15, -0.1) is 0 Å². The molecule has 0 amide bonds. The number of ether oxygens (including phenoxy) is 1. The molecule has 0 radical (unpaired) electrons. The van der Waals surface area contributed by atoms with Gasteiger partial charge in [-0.25, -0.2) is 4.79 Å². The minimum absolute atomic E-state index is 0.0664. The van der Waals surface area contributed by atoms with Gasteiger partial charge in [-0.05, 0) is 41.2 Å². The average molecular weight is 557 g/mol. The minimum Gasteiger partial charge on any atom is -0.417 e. The molecule has 4 aromatic rings. The molecule has 0 aliphatic rings. The van der Waals surface area contributed by atoms with Gasteiger partial charge in [-0.2, -0.15) is 0 Å². The molecular weight excluding hydrogens is 516 g/mol. The predicted molar refractivity (Wildman–Crippen MR) is 163 cm³/mol. The summed E-state index contributed by atoms with van der Waals surface area (Å²) in [5, 5.41) is 0.0664. The summed E-state index contributed by atoms with van der Waals surface area (Å²) in [6, 6.07) is 31.5. The SMILES string of the molecule is CC(C)(C)[Si](C)(C)OCCC(COC(c1ccccc1)(c1ccccc1)c1ccccc1)n1ccc(=O)[nH]c1=O. The normalized spacial score (nSPS) is 13.2. The molecule has 0 saturated heterocycles. The number of benzene rings is 3. The Hall–Kier alpha value is -3.52. The molecule has 1 N–H and O–H groups in total. The lowest BCUT2D eigenvalue weighted by atomic mass is 9.80. The molecule has 1 aromatic heterocycles. The highest BCUT2D eigenvalue weighted by atomic mass is 28.4. The molecule has 0 aliphatic carbocycles. The average Bonchev–Trinajstić information content (AvgIpc) is 2.94. The Morgan fingerprint density at radius 1 is 0.775 bits per heavy atom. The van der Waals surface area contributed by atoms with Crippen LogP contribution in [0.15, 0.2) is 113 Å². The van der Waals surface area contributed by atoms with Gasteiger partial charge in [0.25, 0.3) is 5.56 Å². The largest absolute Gasteiger partial charge is 0.417 e. The van der Waals surface area contributed by atoms with Crippen LogP contribution in [0.2, 0.25) is 18.1 Å². The van der Waals surface area contributed by atoms with Crippen molar-refractivity contribution in [1.82, 2.24) is 9.55 Å². The number of aromatic amines is 1. The van der Waals surface area contributed by atoms with Crippen LogP contribution in [-0.4, -0.2) is 31.1 Å². The molecule has 1 atom stereocenters. The first-order chi connectivity index (χ1) is 19.0. The van der Waals surface area contributed by atoms with Crippen molar-refractivity contribution in [3.05, 3.63) is 141 Å². The van der Waals surface area contributed by atoms with E-state index in [4.69, 9.17) is 9.16 Å². The number of nitrogens with zero attached hydrogens (tertiary/aromatic N) is 1. The molecule has 0 aliphatic heterocycles. The summed E-state index contributed by atoms with van der Waals surface area (Å²) in [5.74, 6) is 0. The highest BCUT2D eigenvalue weighted by molar-refractivity contribution is 6.74. The first-order valence-electron chi connectivity index (χ1n) is 13.8. The Labute approximate surface area is 237 Å². The number of nitrogens with one attached hydrogen (secondary N) is 1. The quantitative estimate of drug-likeness (QED) is 0.169. The maximum absolute atomic E-state index is 13.0. The number of rotatable bonds is 11. The summed E-state index contributed by atoms with van der Waals surface area (Å²) in [7, 11) is -2.00. The summed E-state index contributed by atoms with van der Waals surface area (Å²) >= 11 is 0. The minimum atomic E-state index is -2.00. The van der Waals surface area contributed by atoms with E-state index < -0.39 is 25.2 Å². The lowest BCUT2D eigenvalue weighted by Crippen LogP contribution is -2.42. The molecule has 0 spiro atoms. The van der Waals surface area contributed by atoms with Gasteiger partial charge in [0.1, 0.15) is 5.60 Å². The van der Waals surface area contributed by atoms with Crippen molar-refractivity contribution < 1.29 is 9.16 Å². The molecule has 3 aromatic carbocycles. The summed E-state index contributed by atoms with van der Waals surface area (Å²) in [6.07, 6.45) is 2.10. The molecule has 210 valence electrons. The van der Waals surface area contributed by atoms with Gasteiger partial charge >= 0.3 is 5.69 Å². The molecule has 40 heavy (non-hydrogen) atoms. The van der Waals surface area contributed by atoms with Crippen LogP contribution in [0.4, 0.5) is 0 Å². The van der Waals surface area contributed by atoms with Crippen LogP contribution in [0.1, 0.15) is 49.9 Å². The first kappa shape index (κ1) is 29.5. The Balaban J connectivity index is 1.76. The Morgan fingerprint density at radius 2 is 1.25 bits per heavy atom. The highest BCUT2D eigenvalue weighted by Crippen LogP contribution is 2.41. The third kappa shape index (κ3) is 6.44. The van der Waals surface area contributed by atoms with Crippen molar-refractivity contribution in [2.24, 2.45) is 0 Å². The van der Waals surface area contributed by atoms with E-state index in [1.807, 2.05) is 54.6 Å². The Morgan fingerprint density at radius 3 is 1.68 bits per heavy atom. The van der Waals surface area contributed by atoms with E-state index >= 15 is 0 Å². The van der Waals surface area contributed by atoms with Crippen molar-refractivity contribution in [2.45, 2.75) is 57.0 Å². The fourth-order valence-corrected chi connectivity index (χ4v) is 5.74. The summed E-state index contributed by atoms with van der Waals surface area (Å²) in [6.45, 7) is 11.8. The number of hydrogen-bond acceptors (Lipinski definition) is 4. The summed E-state index contributed by atoms with van der Waals surface area (Å²) in [5.41, 5.74) is 1.14. The zero-order chi connectivity index (χ0) is 28.8. The van der Waals surface area contributed by atoms with Gasteiger partial charge in [0.05, 0.1) is 12.6 Å². The smallest absolute Gasteiger partial charge is 0.328 e. The van der Waals surface area contributed by atoms with E-state index in [2.05, 4.69) is 75.2 Å². The van der Waals surface area contributed by atoms with E-state index in [1.54, 1.807) is 10.8 Å². The molecule has 0 bridgehead atoms. The maximum atomic E-state index is 13.0. The molecular formula is C33H40N2O4Si. The van der Waals surface area contributed by atoms with Gasteiger partial charge in [-0.3, -0.25) is 14.3 Å². The van der Waals surface area contributed by atoms with Crippen LogP contribution in [0.5, 0.6) is 0 Å². The fourth-order valence-electron chi connectivity index (χ4n) is 4.67. The number of H-pyrrole nitrogens is 1. The van der Waals surface area contributed by atoms with E-state index in [9.17, 15) is 9.59 Å². The van der Waals surface area contributed by atoms with Crippen LogP contribution in [0, 0.1) is 0 Å². The van der Waals surface area contributed by atoms with Crippen LogP contribution < -0.4 is 11.2 Å². The molecule has 6 nitrogen and oxygen atoms in total. The second-order valence-electron chi connectivity index (χ2n) is 11.7. The predicted octanol–water partition coefficient (Wildman–Crippen LogP) is 6.50. The first-order valence-corrected chi connectivity index (χ1v) is 16.7. The van der Waals surface area contributed by atoms with E-state index in [-0.39, 0.29) is 17.7 Å². The Kier molecular flexibility index (Phi) is 9.08. The van der Waals surface area contributed by atoms with Crippen LogP contribution in [-0.2, 0) is 14.8 Å². The third-order valence-electron chi connectivity index (χ3n) is 8.00. The monoisotopic (exact) mass is 556 g/mol. The standard InChI is InChI=1S/C33H40N2O4Si/c1-32(2,3)40(4,5)39-24-22-29(35-23-21-30(36)34-31(35)37)25-38-33(26-15-9-6-10-16-26,27-17-11-7-12-18-27)28-19-13-8-14-20-28/h6-21,23,29H,22,24-25H2,1-5H3,(H,34,36,37). The number of hydrogen-bond donors (Lipinski definition) is 1. The molecule has 7 heteroatoms. The van der Waals surface area contributed by atoms with Crippen LogP contribution in [0.3, 0.4) is 0 Å². The molecule has 4 rings (SSSR count). The molecule has 1 heterocycles. The fraction of sp³-hybridized carbons (Fsp3) is 0.333. The second kappa shape index (κ2) is 12.3. The second-order valence-corrected chi connectivity index (χ2v) is 16.5. The van der Waals surface area contributed by atoms with Crippen molar-refractivity contribution >= 4 is 8.32 Å².